The van der Waals surface area contributed by atoms with Gasteiger partial charge in [0.1, 0.15) is 0 Å². The topological polar surface area (TPSA) is 46.9 Å². The first-order valence-corrected chi connectivity index (χ1v) is 7.77. The zero-order valence-electron chi connectivity index (χ0n) is 12.7. The molecule has 1 N–H and O–H groups in total. The molecule has 1 aromatic heterocycles. The third kappa shape index (κ3) is 2.48. The van der Waals surface area contributed by atoms with E-state index in [0.717, 1.165) is 24.3 Å². The first-order valence-electron chi connectivity index (χ1n) is 7.77. The molecule has 2 saturated carbocycles. The number of fused-ring (bicyclic) bond motifs is 2. The Morgan fingerprint density at radius 2 is 2.15 bits per heavy atom. The molecule has 2 bridgehead atoms. The van der Waals surface area contributed by atoms with E-state index < -0.39 is 0 Å². The van der Waals surface area contributed by atoms with Gasteiger partial charge in [0.05, 0.1) is 0 Å². The number of aromatic nitrogens is 2. The van der Waals surface area contributed by atoms with E-state index in [1.54, 1.807) is 17.0 Å². The molecule has 0 saturated heterocycles. The van der Waals surface area contributed by atoms with E-state index >= 15 is 0 Å². The summed E-state index contributed by atoms with van der Waals surface area (Å²) in [4.78, 5) is 16.6. The molecule has 0 radical (unpaired) electrons. The number of anilines is 1. The summed E-state index contributed by atoms with van der Waals surface area (Å²) in [6.07, 6.45) is 9.02. The van der Waals surface area contributed by atoms with Crippen LogP contribution in [0.1, 0.15) is 46.5 Å². The van der Waals surface area contributed by atoms with Gasteiger partial charge in [-0.25, -0.2) is 4.98 Å². The van der Waals surface area contributed by atoms with Crippen LogP contribution in [0.3, 0.4) is 0 Å². The highest BCUT2D eigenvalue weighted by Crippen LogP contribution is 2.48. The number of rotatable bonds is 3. The average Bonchev–Trinajstić information content (AvgIpc) is 2.98. The van der Waals surface area contributed by atoms with E-state index in [0.29, 0.717) is 5.82 Å². The van der Waals surface area contributed by atoms with Crippen molar-refractivity contribution in [2.75, 3.05) is 11.9 Å². The van der Waals surface area contributed by atoms with Gasteiger partial charge in [0.2, 0.25) is 0 Å². The highest BCUT2D eigenvalue weighted by atomic mass is 16.1. The minimum absolute atomic E-state index is 0.0110. The molecule has 1 aromatic rings. The predicted molar refractivity (Wildman–Crippen MR) is 80.9 cm³/mol. The minimum atomic E-state index is -0.205. The van der Waals surface area contributed by atoms with E-state index in [1.807, 2.05) is 20.8 Å². The lowest BCUT2D eigenvalue weighted by Gasteiger charge is -2.24. The molecule has 0 aliphatic heterocycles. The monoisotopic (exact) mass is 275 g/mol. The molecular formula is C16H25N3O. The van der Waals surface area contributed by atoms with Crippen molar-refractivity contribution < 1.29 is 0 Å². The molecular weight excluding hydrogens is 250 g/mol. The molecule has 2 fully saturated rings. The second-order valence-electron chi connectivity index (χ2n) is 7.44. The Morgan fingerprint density at radius 1 is 1.35 bits per heavy atom. The van der Waals surface area contributed by atoms with Crippen molar-refractivity contribution in [3.8, 4) is 0 Å². The largest absolute Gasteiger partial charge is 0.365 e. The second kappa shape index (κ2) is 4.90. The van der Waals surface area contributed by atoms with Crippen molar-refractivity contribution in [2.45, 2.75) is 52.0 Å². The Kier molecular flexibility index (Phi) is 3.35. The molecule has 3 atom stereocenters. The minimum Gasteiger partial charge on any atom is -0.365 e. The maximum absolute atomic E-state index is 12.4. The summed E-state index contributed by atoms with van der Waals surface area (Å²) >= 11 is 0. The van der Waals surface area contributed by atoms with E-state index in [2.05, 4.69) is 10.3 Å². The predicted octanol–water partition coefficient (Wildman–Crippen LogP) is 2.85. The fraction of sp³-hybridized carbons (Fsp3) is 0.750. The number of hydrogen-bond donors (Lipinski definition) is 1. The third-order valence-electron chi connectivity index (χ3n) is 4.98. The second-order valence-corrected chi connectivity index (χ2v) is 7.44. The van der Waals surface area contributed by atoms with Gasteiger partial charge in [-0.2, -0.15) is 0 Å². The molecule has 4 nitrogen and oxygen atoms in total. The van der Waals surface area contributed by atoms with Crippen molar-refractivity contribution in [3.05, 3.63) is 22.7 Å². The van der Waals surface area contributed by atoms with Crippen LogP contribution in [0.4, 0.5) is 5.82 Å². The number of hydrogen-bond acceptors (Lipinski definition) is 3. The quantitative estimate of drug-likeness (QED) is 0.922. The summed E-state index contributed by atoms with van der Waals surface area (Å²) < 4.78 is 1.75. The molecule has 0 spiro atoms. The molecule has 0 aromatic carbocycles. The molecule has 4 heteroatoms. The molecule has 3 unspecified atom stereocenters. The normalized spacial score (nSPS) is 28.9. The van der Waals surface area contributed by atoms with Gasteiger partial charge >= 0.3 is 0 Å². The van der Waals surface area contributed by atoms with Crippen LogP contribution < -0.4 is 10.9 Å². The van der Waals surface area contributed by atoms with Crippen molar-refractivity contribution in [1.29, 1.82) is 0 Å². The fourth-order valence-electron chi connectivity index (χ4n) is 3.92. The summed E-state index contributed by atoms with van der Waals surface area (Å²) in [6.45, 7) is 7.01. The fourth-order valence-corrected chi connectivity index (χ4v) is 3.92. The van der Waals surface area contributed by atoms with Gasteiger partial charge in [-0.15, -0.1) is 0 Å². The van der Waals surface area contributed by atoms with Crippen LogP contribution in [0, 0.1) is 17.8 Å². The molecule has 20 heavy (non-hydrogen) atoms. The SMILES string of the molecule is CC(C)(C)n1ccnc(NCC2CC3CCC2C3)c1=O. The van der Waals surface area contributed by atoms with Crippen molar-refractivity contribution in [3.63, 3.8) is 0 Å². The number of nitrogens with zero attached hydrogens (tertiary/aromatic N) is 2. The summed E-state index contributed by atoms with van der Waals surface area (Å²) in [5.41, 5.74) is -0.216. The van der Waals surface area contributed by atoms with Gasteiger partial charge in [0.25, 0.3) is 5.56 Å². The van der Waals surface area contributed by atoms with Gasteiger partial charge in [0.15, 0.2) is 5.82 Å². The third-order valence-corrected chi connectivity index (χ3v) is 4.98. The summed E-state index contributed by atoms with van der Waals surface area (Å²) in [6, 6.07) is 0. The molecule has 0 amide bonds. The maximum atomic E-state index is 12.4. The molecule has 1 heterocycles. The lowest BCUT2D eigenvalue weighted by molar-refractivity contribution is 0.347. The van der Waals surface area contributed by atoms with Crippen molar-refractivity contribution >= 4 is 5.82 Å². The van der Waals surface area contributed by atoms with Crippen molar-refractivity contribution in [2.24, 2.45) is 17.8 Å². The van der Waals surface area contributed by atoms with Gasteiger partial charge in [-0.1, -0.05) is 6.42 Å². The van der Waals surface area contributed by atoms with Gasteiger partial charge in [0, 0.05) is 24.5 Å². The van der Waals surface area contributed by atoms with E-state index in [9.17, 15) is 4.79 Å². The maximum Gasteiger partial charge on any atom is 0.293 e. The van der Waals surface area contributed by atoms with Gasteiger partial charge in [-0.3, -0.25) is 4.79 Å². The van der Waals surface area contributed by atoms with E-state index in [-0.39, 0.29) is 11.1 Å². The smallest absolute Gasteiger partial charge is 0.293 e. The lowest BCUT2D eigenvalue weighted by Crippen LogP contribution is -2.35. The first-order chi connectivity index (χ1) is 9.45. The Labute approximate surface area is 120 Å². The molecule has 2 aliphatic carbocycles. The molecule has 3 rings (SSSR count). The van der Waals surface area contributed by atoms with Crippen LogP contribution in [0.15, 0.2) is 17.2 Å². The van der Waals surface area contributed by atoms with E-state index in [4.69, 9.17) is 0 Å². The van der Waals surface area contributed by atoms with Gasteiger partial charge < -0.3 is 9.88 Å². The van der Waals surface area contributed by atoms with Crippen LogP contribution in [0.5, 0.6) is 0 Å². The molecule has 2 aliphatic rings. The van der Waals surface area contributed by atoms with Crippen LogP contribution in [0.25, 0.3) is 0 Å². The Balaban J connectivity index is 1.71. The molecule has 110 valence electrons. The highest BCUT2D eigenvalue weighted by Gasteiger charge is 2.39. The van der Waals surface area contributed by atoms with Crippen LogP contribution in [0.2, 0.25) is 0 Å². The Morgan fingerprint density at radius 3 is 2.75 bits per heavy atom. The first kappa shape index (κ1) is 13.7. The number of nitrogens with one attached hydrogen (secondary N) is 1. The zero-order valence-corrected chi connectivity index (χ0v) is 12.7. The average molecular weight is 275 g/mol. The van der Waals surface area contributed by atoms with Crippen LogP contribution in [-0.2, 0) is 5.54 Å². The van der Waals surface area contributed by atoms with Crippen LogP contribution >= 0.6 is 0 Å². The Bertz CT molecular complexity index is 543. The highest BCUT2D eigenvalue weighted by molar-refractivity contribution is 5.31. The van der Waals surface area contributed by atoms with E-state index in [1.165, 1.54) is 25.7 Å². The van der Waals surface area contributed by atoms with Crippen LogP contribution in [-0.4, -0.2) is 16.1 Å². The van der Waals surface area contributed by atoms with Gasteiger partial charge in [-0.05, 0) is 57.8 Å². The Hall–Kier alpha value is -1.32. The summed E-state index contributed by atoms with van der Waals surface area (Å²) in [5.74, 6) is 3.06. The van der Waals surface area contributed by atoms with Crippen molar-refractivity contribution in [1.82, 2.24) is 9.55 Å². The zero-order chi connectivity index (χ0) is 14.3. The summed E-state index contributed by atoms with van der Waals surface area (Å²) in [7, 11) is 0. The lowest BCUT2D eigenvalue weighted by atomic mass is 9.89. The standard InChI is InChI=1S/C16H25N3O/c1-16(2,3)19-7-6-17-14(15(19)20)18-10-13-9-11-4-5-12(13)8-11/h6-7,11-13H,4-5,8-10H2,1-3H3,(H,17,18). The summed E-state index contributed by atoms with van der Waals surface area (Å²) in [5, 5.41) is 3.31.